The Morgan fingerprint density at radius 2 is 1.87 bits per heavy atom. The molecule has 1 aliphatic carbocycles. The lowest BCUT2D eigenvalue weighted by Crippen LogP contribution is -2.58. The third-order valence-electron chi connectivity index (χ3n) is 4.08. The lowest BCUT2D eigenvalue weighted by atomic mass is 9.79. The molecule has 3 atom stereocenters. The summed E-state index contributed by atoms with van der Waals surface area (Å²) in [7, 11) is -1.70. The number of hydrogen-bond acceptors (Lipinski definition) is 2. The summed E-state index contributed by atoms with van der Waals surface area (Å²) >= 11 is 0. The lowest BCUT2D eigenvalue weighted by molar-refractivity contribution is -0.131. The molecule has 0 aromatic rings. The number of aliphatic hydroxyl groups is 1. The summed E-state index contributed by atoms with van der Waals surface area (Å²) in [4.78, 5) is 12.0. The smallest absolute Gasteiger partial charge is 0.138 e. The maximum absolute atomic E-state index is 12.0. The second kappa shape index (κ2) is 4.02. The molecule has 0 unspecified atom stereocenters. The topological polar surface area (TPSA) is 37.3 Å². The Bertz CT molecular complexity index is 253. The van der Waals surface area contributed by atoms with Crippen LogP contribution in [0.2, 0.25) is 19.6 Å². The zero-order valence-corrected chi connectivity index (χ0v) is 11.6. The molecule has 15 heavy (non-hydrogen) atoms. The van der Waals surface area contributed by atoms with E-state index in [0.29, 0.717) is 12.3 Å². The van der Waals surface area contributed by atoms with Gasteiger partial charge < -0.3 is 5.11 Å². The summed E-state index contributed by atoms with van der Waals surface area (Å²) in [5.41, 5.74) is 0. The van der Waals surface area contributed by atoms with Crippen LogP contribution in [0.5, 0.6) is 0 Å². The molecule has 88 valence electrons. The minimum absolute atomic E-state index is 0.111. The molecule has 2 nitrogen and oxygen atoms in total. The highest BCUT2D eigenvalue weighted by Gasteiger charge is 2.47. The number of carbonyl (C=O) groups excluding carboxylic acids is 1. The average Bonchev–Trinajstić information content (AvgIpc) is 2.00. The third kappa shape index (κ3) is 2.51. The molecular weight excluding hydrogens is 204 g/mol. The first kappa shape index (κ1) is 12.9. The lowest BCUT2D eigenvalue weighted by Gasteiger charge is -2.43. The number of Topliss-reactive ketones (excluding diaryl/α,β-unsaturated/α-hetero) is 1. The van der Waals surface area contributed by atoms with Crippen molar-refractivity contribution < 1.29 is 9.90 Å². The van der Waals surface area contributed by atoms with Gasteiger partial charge in [-0.15, -0.1) is 0 Å². The summed E-state index contributed by atoms with van der Waals surface area (Å²) in [6.07, 6.45) is 2.61. The Hall–Kier alpha value is -0.153. The standard InChI is InChI=1S/C12H24O2Si/c1-9-6-7-10(11(13)8-9)12(2,14)15(3,4)5/h9-10,14H,6-8H2,1-5H3/t9-,10-,12-/m0/s1. The van der Waals surface area contributed by atoms with Gasteiger partial charge in [0.1, 0.15) is 5.78 Å². The normalized spacial score (nSPS) is 32.5. The maximum Gasteiger partial charge on any atom is 0.138 e. The van der Waals surface area contributed by atoms with Gasteiger partial charge in [-0.25, -0.2) is 0 Å². The van der Waals surface area contributed by atoms with Crippen LogP contribution in [0.1, 0.15) is 33.1 Å². The van der Waals surface area contributed by atoms with Gasteiger partial charge in [-0.1, -0.05) is 26.6 Å². The van der Waals surface area contributed by atoms with Crippen molar-refractivity contribution in [2.75, 3.05) is 0 Å². The van der Waals surface area contributed by atoms with Crippen LogP contribution in [0, 0.1) is 11.8 Å². The first-order valence-corrected chi connectivity index (χ1v) is 9.41. The van der Waals surface area contributed by atoms with E-state index in [1.165, 1.54) is 0 Å². The van der Waals surface area contributed by atoms with Crippen molar-refractivity contribution in [1.29, 1.82) is 0 Å². The molecule has 3 heteroatoms. The fourth-order valence-electron chi connectivity index (χ4n) is 2.32. The molecule has 0 spiro atoms. The molecule has 1 aliphatic rings. The Labute approximate surface area is 94.1 Å². The summed E-state index contributed by atoms with van der Waals surface area (Å²) in [6.45, 7) is 10.4. The van der Waals surface area contributed by atoms with Gasteiger partial charge in [-0.2, -0.15) is 0 Å². The van der Waals surface area contributed by atoms with Crippen LogP contribution in [-0.4, -0.2) is 24.2 Å². The van der Waals surface area contributed by atoms with Gasteiger partial charge in [0.15, 0.2) is 0 Å². The van der Waals surface area contributed by atoms with Crippen LogP contribution in [0.25, 0.3) is 0 Å². The Morgan fingerprint density at radius 3 is 2.27 bits per heavy atom. The van der Waals surface area contributed by atoms with Gasteiger partial charge in [0.2, 0.25) is 0 Å². The van der Waals surface area contributed by atoms with Gasteiger partial charge >= 0.3 is 0 Å². The fraction of sp³-hybridized carbons (Fsp3) is 0.917. The highest BCUT2D eigenvalue weighted by Crippen LogP contribution is 2.37. The molecule has 0 bridgehead atoms. The van der Waals surface area contributed by atoms with E-state index in [1.54, 1.807) is 0 Å². The molecular formula is C12H24O2Si. The zero-order valence-electron chi connectivity index (χ0n) is 10.6. The maximum atomic E-state index is 12.0. The quantitative estimate of drug-likeness (QED) is 0.738. The zero-order chi connectivity index (χ0) is 11.9. The Kier molecular flexibility index (Phi) is 3.46. The number of rotatable bonds is 2. The van der Waals surface area contributed by atoms with E-state index in [4.69, 9.17) is 0 Å². The number of ketones is 1. The predicted octanol–water partition coefficient (Wildman–Crippen LogP) is 2.62. The van der Waals surface area contributed by atoms with E-state index in [1.807, 2.05) is 6.92 Å². The van der Waals surface area contributed by atoms with Crippen molar-refractivity contribution in [3.63, 3.8) is 0 Å². The Morgan fingerprint density at radius 1 is 1.33 bits per heavy atom. The monoisotopic (exact) mass is 228 g/mol. The molecule has 0 saturated heterocycles. The highest BCUT2D eigenvalue weighted by molar-refractivity contribution is 6.79. The van der Waals surface area contributed by atoms with E-state index in [9.17, 15) is 9.90 Å². The van der Waals surface area contributed by atoms with Crippen molar-refractivity contribution in [1.82, 2.24) is 0 Å². The molecule has 0 aromatic carbocycles. The van der Waals surface area contributed by atoms with Gasteiger partial charge in [-0.05, 0) is 25.7 Å². The molecule has 0 aliphatic heterocycles. The van der Waals surface area contributed by atoms with Crippen LogP contribution >= 0.6 is 0 Å². The first-order valence-electron chi connectivity index (χ1n) is 5.91. The van der Waals surface area contributed by atoms with E-state index in [-0.39, 0.29) is 11.7 Å². The second-order valence-electron chi connectivity index (χ2n) is 6.30. The van der Waals surface area contributed by atoms with E-state index >= 15 is 0 Å². The van der Waals surface area contributed by atoms with Crippen LogP contribution in [0.3, 0.4) is 0 Å². The van der Waals surface area contributed by atoms with Gasteiger partial charge in [0, 0.05) is 12.3 Å². The summed E-state index contributed by atoms with van der Waals surface area (Å²) in [5, 5.41) is 9.83. The van der Waals surface area contributed by atoms with Crippen LogP contribution < -0.4 is 0 Å². The van der Waals surface area contributed by atoms with Crippen LogP contribution in [0.4, 0.5) is 0 Å². The first-order chi connectivity index (χ1) is 6.66. The fourth-order valence-corrected chi connectivity index (χ4v) is 3.67. The van der Waals surface area contributed by atoms with Gasteiger partial charge in [-0.3, -0.25) is 4.79 Å². The molecule has 0 heterocycles. The van der Waals surface area contributed by atoms with E-state index < -0.39 is 13.3 Å². The minimum Gasteiger partial charge on any atom is -0.393 e. The molecule has 1 fully saturated rings. The van der Waals surface area contributed by atoms with E-state index in [0.717, 1.165) is 12.8 Å². The molecule has 1 rings (SSSR count). The highest BCUT2D eigenvalue weighted by atomic mass is 28.3. The second-order valence-corrected chi connectivity index (χ2v) is 11.8. The van der Waals surface area contributed by atoms with Crippen LogP contribution in [-0.2, 0) is 4.79 Å². The van der Waals surface area contributed by atoms with Crippen molar-refractivity contribution in [3.05, 3.63) is 0 Å². The third-order valence-corrected chi connectivity index (χ3v) is 7.47. The summed E-state index contributed by atoms with van der Waals surface area (Å²) in [5.74, 6) is 0.674. The van der Waals surface area contributed by atoms with Gasteiger partial charge in [0.25, 0.3) is 0 Å². The minimum atomic E-state index is -1.70. The summed E-state index contributed by atoms with van der Waals surface area (Å²) in [6, 6.07) is 0. The Balaban J connectivity index is 2.84. The number of carbonyl (C=O) groups is 1. The molecule has 1 N–H and O–H groups in total. The van der Waals surface area contributed by atoms with Gasteiger partial charge in [0.05, 0.1) is 13.3 Å². The molecule has 0 aromatic heterocycles. The average molecular weight is 228 g/mol. The van der Waals surface area contributed by atoms with Crippen molar-refractivity contribution in [2.45, 2.75) is 58.0 Å². The van der Waals surface area contributed by atoms with Crippen molar-refractivity contribution in [2.24, 2.45) is 11.8 Å². The van der Waals surface area contributed by atoms with Crippen molar-refractivity contribution >= 4 is 13.9 Å². The summed E-state index contributed by atoms with van der Waals surface area (Å²) < 4.78 is 0. The molecule has 1 saturated carbocycles. The molecule has 0 amide bonds. The van der Waals surface area contributed by atoms with Crippen molar-refractivity contribution in [3.8, 4) is 0 Å². The SMILES string of the molecule is C[C@H]1CC[C@H]([C@@](C)(O)[Si](C)(C)C)C(=O)C1. The largest absolute Gasteiger partial charge is 0.393 e. The number of hydrogen-bond donors (Lipinski definition) is 1. The molecule has 0 radical (unpaired) electrons. The predicted molar refractivity (Wildman–Crippen MR) is 65.5 cm³/mol. The van der Waals surface area contributed by atoms with E-state index in [2.05, 4.69) is 26.6 Å². The van der Waals surface area contributed by atoms with Crippen LogP contribution in [0.15, 0.2) is 0 Å².